The van der Waals surface area contributed by atoms with Crippen molar-refractivity contribution in [3.05, 3.63) is 23.8 Å². The number of nitrogens with two attached hydrogens (primary N) is 1. The fourth-order valence-electron chi connectivity index (χ4n) is 1.38. The Morgan fingerprint density at radius 1 is 1.35 bits per heavy atom. The van der Waals surface area contributed by atoms with Crippen molar-refractivity contribution in [1.82, 2.24) is 0 Å². The Labute approximate surface area is 102 Å². The first-order valence-electron chi connectivity index (χ1n) is 5.71. The average molecular weight is 236 g/mol. The molecule has 0 aliphatic carbocycles. The van der Waals surface area contributed by atoms with Gasteiger partial charge in [0.1, 0.15) is 0 Å². The molecule has 0 bridgehead atoms. The maximum atomic E-state index is 5.70. The first kappa shape index (κ1) is 13.4. The number of rotatable bonds is 6. The van der Waals surface area contributed by atoms with Crippen LogP contribution >= 0.6 is 0 Å². The van der Waals surface area contributed by atoms with Crippen molar-refractivity contribution in [2.45, 2.75) is 20.3 Å². The van der Waals surface area contributed by atoms with Crippen molar-refractivity contribution in [1.29, 1.82) is 0 Å². The molecule has 0 aliphatic rings. The molecule has 1 aromatic rings. The molecule has 0 spiro atoms. The van der Waals surface area contributed by atoms with E-state index in [4.69, 9.17) is 15.3 Å². The monoisotopic (exact) mass is 236 g/mol. The molecule has 0 radical (unpaired) electrons. The SMILES string of the molecule is COc1ccc(C=NN)cc1OCCC(C)C. The van der Waals surface area contributed by atoms with Gasteiger partial charge in [-0.05, 0) is 36.1 Å². The van der Waals surface area contributed by atoms with Crippen LogP contribution in [0.15, 0.2) is 23.3 Å². The van der Waals surface area contributed by atoms with Crippen molar-refractivity contribution in [2.24, 2.45) is 16.9 Å². The molecule has 1 aromatic carbocycles. The normalized spacial score (nSPS) is 11.1. The molecule has 1 rings (SSSR count). The van der Waals surface area contributed by atoms with E-state index in [1.165, 1.54) is 0 Å². The lowest BCUT2D eigenvalue weighted by Crippen LogP contribution is -2.03. The molecule has 0 saturated carbocycles. The largest absolute Gasteiger partial charge is 0.493 e. The van der Waals surface area contributed by atoms with E-state index in [-0.39, 0.29) is 0 Å². The molecule has 0 amide bonds. The minimum Gasteiger partial charge on any atom is -0.493 e. The van der Waals surface area contributed by atoms with Crippen molar-refractivity contribution < 1.29 is 9.47 Å². The van der Waals surface area contributed by atoms with E-state index in [9.17, 15) is 0 Å². The summed E-state index contributed by atoms with van der Waals surface area (Å²) in [5, 5.41) is 3.49. The van der Waals surface area contributed by atoms with Gasteiger partial charge in [-0.15, -0.1) is 0 Å². The van der Waals surface area contributed by atoms with E-state index < -0.39 is 0 Å². The Kier molecular flexibility index (Phi) is 5.33. The third-order valence-electron chi connectivity index (χ3n) is 2.36. The lowest BCUT2D eigenvalue weighted by molar-refractivity contribution is 0.273. The average Bonchev–Trinajstić information content (AvgIpc) is 2.29. The van der Waals surface area contributed by atoms with E-state index in [1.54, 1.807) is 13.3 Å². The highest BCUT2D eigenvalue weighted by Gasteiger charge is 2.05. The molecule has 0 saturated heterocycles. The van der Waals surface area contributed by atoms with Crippen LogP contribution in [0.4, 0.5) is 0 Å². The highest BCUT2D eigenvalue weighted by atomic mass is 16.5. The number of nitrogens with zero attached hydrogens (tertiary/aromatic N) is 1. The Balaban J connectivity index is 2.75. The lowest BCUT2D eigenvalue weighted by atomic mass is 10.1. The zero-order valence-electron chi connectivity index (χ0n) is 10.6. The molecule has 0 heterocycles. The Morgan fingerprint density at radius 3 is 2.71 bits per heavy atom. The molecule has 4 heteroatoms. The summed E-state index contributed by atoms with van der Waals surface area (Å²) < 4.78 is 10.9. The van der Waals surface area contributed by atoms with Crippen molar-refractivity contribution in [3.8, 4) is 11.5 Å². The number of hydrazone groups is 1. The van der Waals surface area contributed by atoms with Crippen molar-refractivity contribution >= 4 is 6.21 Å². The van der Waals surface area contributed by atoms with Gasteiger partial charge in [-0.2, -0.15) is 5.10 Å². The molecule has 4 nitrogen and oxygen atoms in total. The fourth-order valence-corrected chi connectivity index (χ4v) is 1.38. The predicted octanol–water partition coefficient (Wildman–Crippen LogP) is 2.41. The smallest absolute Gasteiger partial charge is 0.161 e. The summed E-state index contributed by atoms with van der Waals surface area (Å²) >= 11 is 0. The second-order valence-electron chi connectivity index (χ2n) is 4.22. The van der Waals surface area contributed by atoms with Crippen molar-refractivity contribution in [3.63, 3.8) is 0 Å². The number of benzene rings is 1. The fraction of sp³-hybridized carbons (Fsp3) is 0.462. The van der Waals surface area contributed by atoms with E-state index >= 15 is 0 Å². The first-order chi connectivity index (χ1) is 8.17. The molecule has 0 aromatic heterocycles. The minimum absolute atomic E-state index is 0.620. The van der Waals surface area contributed by atoms with Gasteiger partial charge in [-0.25, -0.2) is 0 Å². The molecular weight excluding hydrogens is 216 g/mol. The predicted molar refractivity (Wildman–Crippen MR) is 69.7 cm³/mol. The summed E-state index contributed by atoms with van der Waals surface area (Å²) in [6, 6.07) is 5.60. The van der Waals surface area contributed by atoms with Crippen LogP contribution in [0, 0.1) is 5.92 Å². The summed E-state index contributed by atoms with van der Waals surface area (Å²) in [6.07, 6.45) is 2.59. The van der Waals surface area contributed by atoms with Crippen LogP contribution in [-0.4, -0.2) is 19.9 Å². The van der Waals surface area contributed by atoms with Crippen LogP contribution < -0.4 is 15.3 Å². The van der Waals surface area contributed by atoms with Crippen LogP contribution in [0.5, 0.6) is 11.5 Å². The highest BCUT2D eigenvalue weighted by Crippen LogP contribution is 2.27. The third-order valence-corrected chi connectivity index (χ3v) is 2.36. The summed E-state index contributed by atoms with van der Waals surface area (Å²) in [7, 11) is 1.63. The maximum absolute atomic E-state index is 5.70. The van der Waals surface area contributed by atoms with Gasteiger partial charge >= 0.3 is 0 Å². The number of methoxy groups -OCH3 is 1. The van der Waals surface area contributed by atoms with E-state index in [1.807, 2.05) is 18.2 Å². The van der Waals surface area contributed by atoms with Gasteiger partial charge in [0, 0.05) is 0 Å². The first-order valence-corrected chi connectivity index (χ1v) is 5.71. The molecule has 94 valence electrons. The van der Waals surface area contributed by atoms with Crippen LogP contribution in [0.1, 0.15) is 25.8 Å². The molecule has 0 atom stereocenters. The summed E-state index contributed by atoms with van der Waals surface area (Å²) in [5.41, 5.74) is 0.896. The molecule has 17 heavy (non-hydrogen) atoms. The second-order valence-corrected chi connectivity index (χ2v) is 4.22. The van der Waals surface area contributed by atoms with Crippen LogP contribution in [0.2, 0.25) is 0 Å². The van der Waals surface area contributed by atoms with Gasteiger partial charge in [-0.1, -0.05) is 13.8 Å². The van der Waals surface area contributed by atoms with Gasteiger partial charge < -0.3 is 15.3 Å². The lowest BCUT2D eigenvalue weighted by Gasteiger charge is -2.12. The second kappa shape index (κ2) is 6.78. The molecule has 0 fully saturated rings. The molecule has 2 N–H and O–H groups in total. The van der Waals surface area contributed by atoms with Gasteiger partial charge in [0.15, 0.2) is 11.5 Å². The number of hydrogen-bond acceptors (Lipinski definition) is 4. The van der Waals surface area contributed by atoms with E-state index in [2.05, 4.69) is 18.9 Å². The quantitative estimate of drug-likeness (QED) is 0.469. The molecule has 0 aliphatic heterocycles. The minimum atomic E-state index is 0.620. The number of ether oxygens (including phenoxy) is 2. The van der Waals surface area contributed by atoms with E-state index in [0.717, 1.165) is 23.5 Å². The zero-order valence-corrected chi connectivity index (χ0v) is 10.6. The number of hydrogen-bond donors (Lipinski definition) is 1. The van der Waals surface area contributed by atoms with Crippen LogP contribution in [-0.2, 0) is 0 Å². The van der Waals surface area contributed by atoms with Crippen LogP contribution in [0.25, 0.3) is 0 Å². The van der Waals surface area contributed by atoms with Gasteiger partial charge in [-0.3, -0.25) is 0 Å². The van der Waals surface area contributed by atoms with Gasteiger partial charge in [0.05, 0.1) is 19.9 Å². The zero-order chi connectivity index (χ0) is 12.7. The summed E-state index contributed by atoms with van der Waals surface area (Å²) in [5.74, 6) is 7.19. The molecule has 0 unspecified atom stereocenters. The molecular formula is C13H20N2O2. The third kappa shape index (κ3) is 4.34. The Bertz CT molecular complexity index is 376. The summed E-state index contributed by atoms with van der Waals surface area (Å²) in [6.45, 7) is 5.01. The summed E-state index contributed by atoms with van der Waals surface area (Å²) in [4.78, 5) is 0. The Hall–Kier alpha value is -1.71. The maximum Gasteiger partial charge on any atom is 0.161 e. The Morgan fingerprint density at radius 2 is 2.12 bits per heavy atom. The van der Waals surface area contributed by atoms with Crippen molar-refractivity contribution in [2.75, 3.05) is 13.7 Å². The topological polar surface area (TPSA) is 56.8 Å². The van der Waals surface area contributed by atoms with E-state index in [0.29, 0.717) is 12.5 Å². The standard InChI is InChI=1S/C13H20N2O2/c1-10(2)6-7-17-13-8-11(9-15-14)4-5-12(13)16-3/h4-5,8-10H,6-7,14H2,1-3H3. The van der Waals surface area contributed by atoms with Gasteiger partial charge in [0.25, 0.3) is 0 Å². The highest BCUT2D eigenvalue weighted by molar-refractivity contribution is 5.80. The van der Waals surface area contributed by atoms with Gasteiger partial charge in [0.2, 0.25) is 0 Å². The van der Waals surface area contributed by atoms with Crippen LogP contribution in [0.3, 0.4) is 0 Å².